The van der Waals surface area contributed by atoms with Crippen molar-refractivity contribution >= 4 is 23.7 Å². The number of amides is 2. The summed E-state index contributed by atoms with van der Waals surface area (Å²) in [6.07, 6.45) is 1.40. The Labute approximate surface area is 126 Å². The maximum atomic E-state index is 11.7. The van der Waals surface area contributed by atoms with Gasteiger partial charge in [0.15, 0.2) is 11.5 Å². The fourth-order valence-electron chi connectivity index (χ4n) is 1.91. The summed E-state index contributed by atoms with van der Waals surface area (Å²) in [5, 5.41) is 17.0. The summed E-state index contributed by atoms with van der Waals surface area (Å²) in [4.78, 5) is 23.2. The summed E-state index contributed by atoms with van der Waals surface area (Å²) in [7, 11) is 1.44. The third-order valence-corrected chi connectivity index (χ3v) is 3.16. The normalized spacial score (nSPS) is 17.3. The van der Waals surface area contributed by atoms with E-state index in [9.17, 15) is 14.7 Å². The number of carbonyl (C=O) groups excluding carboxylic acids is 2. The highest BCUT2D eigenvalue weighted by Gasteiger charge is 2.28. The second-order valence-corrected chi connectivity index (χ2v) is 4.71. The standard InChI is InChI=1S/C14H16N4O4/c1-8-10(14(21)18-16-8)6-13(20)17-15-7-9-3-4-11(19)12(5-9)22-2/h3-5,7,10,19H,6H2,1-2H3,(H,17,20)(H,18,21)/b15-7-. The average molecular weight is 304 g/mol. The molecule has 0 saturated carbocycles. The highest BCUT2D eigenvalue weighted by atomic mass is 16.5. The number of nitrogens with zero attached hydrogens (tertiary/aromatic N) is 2. The van der Waals surface area contributed by atoms with E-state index >= 15 is 0 Å². The summed E-state index contributed by atoms with van der Waals surface area (Å²) in [6, 6.07) is 4.66. The fourth-order valence-corrected chi connectivity index (χ4v) is 1.91. The van der Waals surface area contributed by atoms with Crippen LogP contribution in [0, 0.1) is 5.92 Å². The number of hydrogen-bond acceptors (Lipinski definition) is 6. The molecule has 0 aromatic heterocycles. The molecule has 8 heteroatoms. The van der Waals surface area contributed by atoms with E-state index in [0.717, 1.165) is 0 Å². The molecule has 1 heterocycles. The van der Waals surface area contributed by atoms with Crippen LogP contribution in [0.25, 0.3) is 0 Å². The van der Waals surface area contributed by atoms with Gasteiger partial charge >= 0.3 is 0 Å². The first-order valence-electron chi connectivity index (χ1n) is 6.54. The maximum Gasteiger partial charge on any atom is 0.249 e. The van der Waals surface area contributed by atoms with Gasteiger partial charge in [-0.25, -0.2) is 10.9 Å². The Morgan fingerprint density at radius 2 is 2.36 bits per heavy atom. The second kappa shape index (κ2) is 6.70. The molecule has 22 heavy (non-hydrogen) atoms. The van der Waals surface area contributed by atoms with Crippen LogP contribution in [0.2, 0.25) is 0 Å². The number of aromatic hydroxyl groups is 1. The monoisotopic (exact) mass is 304 g/mol. The summed E-state index contributed by atoms with van der Waals surface area (Å²) < 4.78 is 4.97. The number of hydrogen-bond donors (Lipinski definition) is 3. The number of phenolic OH excluding ortho intramolecular Hbond substituents is 1. The lowest BCUT2D eigenvalue weighted by molar-refractivity contribution is -0.127. The van der Waals surface area contributed by atoms with Gasteiger partial charge in [0.25, 0.3) is 0 Å². The van der Waals surface area contributed by atoms with Gasteiger partial charge in [-0.2, -0.15) is 10.2 Å². The van der Waals surface area contributed by atoms with Crippen molar-refractivity contribution in [3.05, 3.63) is 23.8 Å². The van der Waals surface area contributed by atoms with Gasteiger partial charge in [0.05, 0.1) is 19.2 Å². The Hall–Kier alpha value is -2.90. The van der Waals surface area contributed by atoms with Gasteiger partial charge in [-0.15, -0.1) is 0 Å². The molecular weight excluding hydrogens is 288 g/mol. The zero-order valence-electron chi connectivity index (χ0n) is 12.2. The molecule has 8 nitrogen and oxygen atoms in total. The Bertz CT molecular complexity index is 654. The molecular formula is C14H16N4O4. The van der Waals surface area contributed by atoms with Gasteiger partial charge in [0.1, 0.15) is 0 Å². The summed E-state index contributed by atoms with van der Waals surface area (Å²) in [6.45, 7) is 1.68. The minimum absolute atomic E-state index is 0.0165. The predicted octanol–water partition coefficient (Wildman–Crippen LogP) is 0.363. The van der Waals surface area contributed by atoms with Gasteiger partial charge in [-0.05, 0) is 30.7 Å². The van der Waals surface area contributed by atoms with Gasteiger partial charge in [0, 0.05) is 12.1 Å². The van der Waals surface area contributed by atoms with Crippen molar-refractivity contribution in [2.45, 2.75) is 13.3 Å². The molecule has 0 saturated heterocycles. The van der Waals surface area contributed by atoms with E-state index in [1.807, 2.05) is 0 Å². The van der Waals surface area contributed by atoms with Crippen LogP contribution in [0.5, 0.6) is 11.5 Å². The van der Waals surface area contributed by atoms with Crippen LogP contribution >= 0.6 is 0 Å². The molecule has 1 unspecified atom stereocenters. The predicted molar refractivity (Wildman–Crippen MR) is 79.8 cm³/mol. The highest BCUT2D eigenvalue weighted by molar-refractivity contribution is 6.09. The first-order chi connectivity index (χ1) is 10.5. The minimum atomic E-state index is -0.552. The number of carbonyl (C=O) groups is 2. The van der Waals surface area contributed by atoms with Gasteiger partial charge in [-0.3, -0.25) is 9.59 Å². The molecule has 0 fully saturated rings. The second-order valence-electron chi connectivity index (χ2n) is 4.71. The summed E-state index contributed by atoms with van der Waals surface area (Å²) in [5.74, 6) is -0.905. The lowest BCUT2D eigenvalue weighted by atomic mass is 10.0. The van der Waals surface area contributed by atoms with Crippen LogP contribution in [-0.2, 0) is 9.59 Å². The average Bonchev–Trinajstić information content (AvgIpc) is 2.81. The Balaban J connectivity index is 1.91. The lowest BCUT2D eigenvalue weighted by Gasteiger charge is -2.06. The van der Waals surface area contributed by atoms with Crippen LogP contribution < -0.4 is 15.6 Å². The number of benzene rings is 1. The fraction of sp³-hybridized carbons (Fsp3) is 0.286. The summed E-state index contributed by atoms with van der Waals surface area (Å²) >= 11 is 0. The Morgan fingerprint density at radius 1 is 1.59 bits per heavy atom. The van der Waals surface area contributed by atoms with Crippen molar-refractivity contribution in [2.75, 3.05) is 7.11 Å². The number of nitrogens with one attached hydrogen (secondary N) is 2. The molecule has 1 aromatic rings. The van der Waals surface area contributed by atoms with Gasteiger partial charge in [0.2, 0.25) is 11.8 Å². The SMILES string of the molecule is COc1cc(/C=N\NC(=O)CC2C(=O)NN=C2C)ccc1O. The Kier molecular flexibility index (Phi) is 4.72. The minimum Gasteiger partial charge on any atom is -0.504 e. The number of hydrazone groups is 2. The van der Waals surface area contributed by atoms with Crippen LogP contribution in [0.1, 0.15) is 18.9 Å². The Morgan fingerprint density at radius 3 is 3.00 bits per heavy atom. The summed E-state index contributed by atoms with van der Waals surface area (Å²) in [5.41, 5.74) is 5.88. The topological polar surface area (TPSA) is 112 Å². The molecule has 116 valence electrons. The molecule has 0 bridgehead atoms. The first kappa shape index (κ1) is 15.5. The quantitative estimate of drug-likeness (QED) is 0.538. The zero-order valence-corrected chi connectivity index (χ0v) is 12.2. The van der Waals surface area contributed by atoms with Crippen LogP contribution in [-0.4, -0.2) is 36.0 Å². The van der Waals surface area contributed by atoms with Crippen LogP contribution in [0.3, 0.4) is 0 Å². The van der Waals surface area contributed by atoms with E-state index in [1.165, 1.54) is 19.4 Å². The van der Waals surface area contributed by atoms with Crippen LogP contribution in [0.15, 0.2) is 28.4 Å². The molecule has 0 aliphatic carbocycles. The number of rotatable bonds is 5. The van der Waals surface area contributed by atoms with Gasteiger partial charge < -0.3 is 9.84 Å². The molecule has 2 rings (SSSR count). The van der Waals surface area contributed by atoms with Crippen molar-refractivity contribution in [3.63, 3.8) is 0 Å². The molecule has 0 radical (unpaired) electrons. The van der Waals surface area contributed by atoms with Crippen molar-refractivity contribution < 1.29 is 19.4 Å². The van der Waals surface area contributed by atoms with E-state index in [2.05, 4.69) is 21.1 Å². The van der Waals surface area contributed by atoms with E-state index in [1.54, 1.807) is 19.1 Å². The molecule has 0 spiro atoms. The number of phenols is 1. The molecule has 3 N–H and O–H groups in total. The number of methoxy groups -OCH3 is 1. The van der Waals surface area contributed by atoms with E-state index < -0.39 is 11.8 Å². The third-order valence-electron chi connectivity index (χ3n) is 3.16. The molecule has 1 atom stereocenters. The van der Waals surface area contributed by atoms with Crippen molar-refractivity contribution in [1.82, 2.24) is 10.9 Å². The van der Waals surface area contributed by atoms with E-state index in [4.69, 9.17) is 4.74 Å². The smallest absolute Gasteiger partial charge is 0.249 e. The third kappa shape index (κ3) is 3.60. The largest absolute Gasteiger partial charge is 0.504 e. The van der Waals surface area contributed by atoms with Gasteiger partial charge in [-0.1, -0.05) is 0 Å². The van der Waals surface area contributed by atoms with Crippen molar-refractivity contribution in [1.29, 1.82) is 0 Å². The maximum absolute atomic E-state index is 11.7. The molecule has 1 aliphatic rings. The first-order valence-corrected chi connectivity index (χ1v) is 6.54. The van der Waals surface area contributed by atoms with Crippen molar-refractivity contribution in [2.24, 2.45) is 16.1 Å². The van der Waals surface area contributed by atoms with Crippen molar-refractivity contribution in [3.8, 4) is 11.5 Å². The molecule has 2 amide bonds. The highest BCUT2D eigenvalue weighted by Crippen LogP contribution is 2.25. The van der Waals surface area contributed by atoms with Crippen LogP contribution in [0.4, 0.5) is 0 Å². The molecule has 1 aliphatic heterocycles. The van der Waals surface area contributed by atoms with E-state index in [0.29, 0.717) is 17.0 Å². The zero-order chi connectivity index (χ0) is 16.1. The molecule has 1 aromatic carbocycles. The lowest BCUT2D eigenvalue weighted by Crippen LogP contribution is -2.29. The number of ether oxygens (including phenoxy) is 1. The van der Waals surface area contributed by atoms with E-state index in [-0.39, 0.29) is 18.1 Å².